The summed E-state index contributed by atoms with van der Waals surface area (Å²) in [7, 11) is -9.14. The molecule has 2 aromatic heterocycles. The van der Waals surface area contributed by atoms with Crippen molar-refractivity contribution >= 4 is 70.0 Å². The number of rotatable bonds is 9. The van der Waals surface area contributed by atoms with Gasteiger partial charge in [0, 0.05) is 29.8 Å². The van der Waals surface area contributed by atoms with Gasteiger partial charge >= 0.3 is 0 Å². The van der Waals surface area contributed by atoms with Gasteiger partial charge in [0.2, 0.25) is 28.4 Å². The number of nitrogens with zero attached hydrogens (tertiary/aromatic N) is 3. The first-order chi connectivity index (χ1) is 17.1. The highest BCUT2D eigenvalue weighted by Gasteiger charge is 2.25. The summed E-state index contributed by atoms with van der Waals surface area (Å²) < 4.78 is 76.3. The van der Waals surface area contributed by atoms with E-state index in [2.05, 4.69) is 19.1 Å². The fourth-order valence-corrected chi connectivity index (χ4v) is 7.82. The lowest BCUT2D eigenvalue weighted by Crippen LogP contribution is -2.35. The van der Waals surface area contributed by atoms with Crippen LogP contribution in [0.3, 0.4) is 0 Å². The number of hydrogen-bond donors (Lipinski definition) is 1. The molecule has 3 atom stereocenters. The van der Waals surface area contributed by atoms with Gasteiger partial charge in [0.05, 0.1) is 37.1 Å². The zero-order chi connectivity index (χ0) is 29.7. The summed E-state index contributed by atoms with van der Waals surface area (Å²) in [6.45, 7) is 15.0. The molecule has 38 heavy (non-hydrogen) atoms. The molecule has 0 aliphatic rings. The summed E-state index contributed by atoms with van der Waals surface area (Å²) >= 11 is 2.19. The second-order valence-electron chi connectivity index (χ2n) is 10.3. The van der Waals surface area contributed by atoms with E-state index in [1.807, 2.05) is 55.4 Å². The molecule has 0 fully saturated rings. The predicted molar refractivity (Wildman–Crippen MR) is 159 cm³/mol. The summed E-state index contributed by atoms with van der Waals surface area (Å²) in [6, 6.07) is -0.145. The Bertz CT molecular complexity index is 1380. The number of sulfone groups is 2. The van der Waals surface area contributed by atoms with Crippen LogP contribution in [0.25, 0.3) is 0 Å². The Balaban J connectivity index is 0.000000380. The standard InChI is InChI=1S/C11H20N2O3S3.C11H18N2O3S3/c2*1-6-8(13-18(14)11(2,3)4)9-7-12-10(17-9)19(5,15)16/h7-8,13H,6H2,1-5H3;7H,6H2,1-5H3/t8-,18+;18-/m01/s1. The van der Waals surface area contributed by atoms with Gasteiger partial charge in [-0.2, -0.15) is 4.40 Å². The van der Waals surface area contributed by atoms with E-state index in [0.29, 0.717) is 23.4 Å². The van der Waals surface area contributed by atoms with Crippen molar-refractivity contribution in [2.45, 2.75) is 92.4 Å². The second kappa shape index (κ2) is 13.6. The van der Waals surface area contributed by atoms with Crippen molar-refractivity contribution in [1.82, 2.24) is 14.7 Å². The average molecular weight is 647 g/mol. The molecular formula is C22H38N4O6S6. The van der Waals surface area contributed by atoms with Gasteiger partial charge in [0.25, 0.3) is 0 Å². The second-order valence-corrected chi connectivity index (χ2v) is 20.7. The monoisotopic (exact) mass is 646 g/mol. The van der Waals surface area contributed by atoms with Crippen LogP contribution >= 0.6 is 22.7 Å². The van der Waals surface area contributed by atoms with E-state index in [0.717, 1.165) is 40.1 Å². The van der Waals surface area contributed by atoms with Crippen LogP contribution in [0, 0.1) is 0 Å². The molecule has 218 valence electrons. The van der Waals surface area contributed by atoms with Crippen LogP contribution in [0.5, 0.6) is 0 Å². The SMILES string of the molecule is CCC(=N[S@](=O)C(C)(C)C)c1cnc(S(C)(=O)=O)s1.CC[C@H](N[S@](=O)C(C)(C)C)c1cnc(S(C)(=O)=O)s1. The molecule has 2 rings (SSSR count). The average Bonchev–Trinajstić information content (AvgIpc) is 3.44. The molecule has 10 nitrogen and oxygen atoms in total. The molecule has 16 heteroatoms. The van der Waals surface area contributed by atoms with E-state index >= 15 is 0 Å². The first kappa shape index (κ1) is 35.1. The molecule has 0 unspecified atom stereocenters. The van der Waals surface area contributed by atoms with Gasteiger partial charge in [-0.15, -0.1) is 22.7 Å². The molecule has 1 N–H and O–H groups in total. The van der Waals surface area contributed by atoms with Gasteiger partial charge in [0.1, 0.15) is 11.0 Å². The highest BCUT2D eigenvalue weighted by Crippen LogP contribution is 2.27. The lowest BCUT2D eigenvalue weighted by molar-refractivity contribution is 0.593. The summed E-state index contributed by atoms with van der Waals surface area (Å²) in [4.78, 5) is 9.24. The minimum absolute atomic E-state index is 0.0604. The van der Waals surface area contributed by atoms with Gasteiger partial charge in [-0.05, 0) is 54.4 Å². The molecule has 0 amide bonds. The molecule has 2 aromatic rings. The number of thiazole rings is 2. The Morgan fingerprint density at radius 1 is 0.921 bits per heavy atom. The van der Waals surface area contributed by atoms with Gasteiger partial charge < -0.3 is 0 Å². The van der Waals surface area contributed by atoms with E-state index in [9.17, 15) is 25.3 Å². The van der Waals surface area contributed by atoms with E-state index in [-0.39, 0.29) is 19.5 Å². The van der Waals surface area contributed by atoms with Crippen molar-refractivity contribution in [2.24, 2.45) is 4.40 Å². The van der Waals surface area contributed by atoms with Crippen LogP contribution in [0.15, 0.2) is 25.5 Å². The molecule has 0 radical (unpaired) electrons. The van der Waals surface area contributed by atoms with Crippen LogP contribution in [-0.2, 0) is 41.6 Å². The fraction of sp³-hybridized carbons (Fsp3) is 0.682. The third-order valence-electron chi connectivity index (χ3n) is 4.51. The Labute approximate surface area is 240 Å². The molecule has 0 saturated carbocycles. The molecule has 0 aliphatic heterocycles. The van der Waals surface area contributed by atoms with Gasteiger partial charge in [-0.25, -0.2) is 39.9 Å². The lowest BCUT2D eigenvalue weighted by Gasteiger charge is -2.22. The molecule has 2 heterocycles. The van der Waals surface area contributed by atoms with Crippen LogP contribution in [-0.4, -0.2) is 62.9 Å². The van der Waals surface area contributed by atoms with E-state index in [4.69, 9.17) is 0 Å². The molecule has 0 bridgehead atoms. The molecule has 0 aromatic carbocycles. The fourth-order valence-electron chi connectivity index (χ4n) is 2.33. The Morgan fingerprint density at radius 2 is 1.42 bits per heavy atom. The normalized spacial score (nSPS) is 15.9. The van der Waals surface area contributed by atoms with Gasteiger partial charge in [-0.1, -0.05) is 13.8 Å². The Kier molecular flexibility index (Phi) is 12.6. The van der Waals surface area contributed by atoms with Gasteiger partial charge in [-0.3, -0.25) is 0 Å². The van der Waals surface area contributed by atoms with Crippen molar-refractivity contribution in [1.29, 1.82) is 0 Å². The van der Waals surface area contributed by atoms with Crippen molar-refractivity contribution in [3.63, 3.8) is 0 Å². The molecular weight excluding hydrogens is 609 g/mol. The van der Waals surface area contributed by atoms with Crippen molar-refractivity contribution < 1.29 is 25.3 Å². The van der Waals surface area contributed by atoms with Gasteiger partial charge in [0.15, 0.2) is 0 Å². The van der Waals surface area contributed by atoms with E-state index < -0.39 is 46.4 Å². The third kappa shape index (κ3) is 10.9. The topological polar surface area (TPSA) is 153 Å². The van der Waals surface area contributed by atoms with Crippen LogP contribution in [0.2, 0.25) is 0 Å². The maximum absolute atomic E-state index is 12.1. The highest BCUT2D eigenvalue weighted by atomic mass is 32.2. The summed E-state index contributed by atoms with van der Waals surface area (Å²) in [5, 5.41) is 0. The first-order valence-electron chi connectivity index (χ1n) is 11.6. The van der Waals surface area contributed by atoms with Crippen LogP contribution in [0.1, 0.15) is 84.0 Å². The molecule has 0 spiro atoms. The Morgan fingerprint density at radius 3 is 1.79 bits per heavy atom. The smallest absolute Gasteiger partial charge is 0.209 e. The predicted octanol–water partition coefficient (Wildman–Crippen LogP) is 4.26. The van der Waals surface area contributed by atoms with Crippen molar-refractivity contribution in [2.75, 3.05) is 12.5 Å². The van der Waals surface area contributed by atoms with E-state index in [1.165, 1.54) is 6.20 Å². The third-order valence-corrected chi connectivity index (χ3v) is 13.1. The van der Waals surface area contributed by atoms with E-state index in [1.54, 1.807) is 6.20 Å². The number of hydrogen-bond acceptors (Lipinski definition) is 10. The Hall–Kier alpha value is -0.910. The minimum atomic E-state index is -3.30. The number of nitrogens with one attached hydrogen (secondary N) is 1. The highest BCUT2D eigenvalue weighted by molar-refractivity contribution is 7.93. The van der Waals surface area contributed by atoms with Crippen LogP contribution < -0.4 is 4.72 Å². The largest absolute Gasteiger partial charge is 0.242 e. The lowest BCUT2D eigenvalue weighted by atomic mass is 10.2. The van der Waals surface area contributed by atoms with Crippen molar-refractivity contribution in [3.05, 3.63) is 22.1 Å². The number of aromatic nitrogens is 2. The maximum atomic E-state index is 12.1. The zero-order valence-corrected chi connectivity index (χ0v) is 28.3. The molecule has 0 aliphatic carbocycles. The minimum Gasteiger partial charge on any atom is -0.242 e. The molecule has 0 saturated heterocycles. The maximum Gasteiger partial charge on any atom is 0.209 e. The summed E-state index contributed by atoms with van der Waals surface area (Å²) in [5.74, 6) is 0. The van der Waals surface area contributed by atoms with Crippen LogP contribution in [0.4, 0.5) is 0 Å². The summed E-state index contributed by atoms with van der Waals surface area (Å²) in [5.41, 5.74) is 0.626. The summed E-state index contributed by atoms with van der Waals surface area (Å²) in [6.07, 6.45) is 6.56. The van der Waals surface area contributed by atoms with Crippen molar-refractivity contribution in [3.8, 4) is 0 Å². The first-order valence-corrected chi connectivity index (χ1v) is 19.3. The quantitative estimate of drug-likeness (QED) is 0.397. The zero-order valence-electron chi connectivity index (χ0n) is 23.4.